The minimum absolute atomic E-state index is 0.402. The first-order chi connectivity index (χ1) is 13.2. The van der Waals surface area contributed by atoms with Gasteiger partial charge in [0.2, 0.25) is 0 Å². The Morgan fingerprint density at radius 2 is 1.59 bits per heavy atom. The lowest BCUT2D eigenvalue weighted by Crippen LogP contribution is -2.31. The van der Waals surface area contributed by atoms with Crippen molar-refractivity contribution in [3.05, 3.63) is 71.3 Å². The average Bonchev–Trinajstić information content (AvgIpc) is 2.70. The average molecular weight is 384 g/mol. The van der Waals surface area contributed by atoms with Crippen molar-refractivity contribution < 1.29 is 0 Å². The summed E-state index contributed by atoms with van der Waals surface area (Å²) in [5.74, 6) is 0.717. The van der Waals surface area contributed by atoms with Gasteiger partial charge in [0, 0.05) is 18.0 Å². The van der Waals surface area contributed by atoms with Crippen molar-refractivity contribution in [2.24, 2.45) is 0 Å². The molecule has 0 radical (unpaired) electrons. The van der Waals surface area contributed by atoms with E-state index < -0.39 is 0 Å². The summed E-state index contributed by atoms with van der Waals surface area (Å²) in [5.41, 5.74) is 4.38. The van der Waals surface area contributed by atoms with E-state index >= 15 is 0 Å². The van der Waals surface area contributed by atoms with E-state index in [9.17, 15) is 0 Å². The monoisotopic (exact) mass is 383 g/mol. The highest BCUT2D eigenvalue weighted by Gasteiger charge is 2.20. The van der Waals surface area contributed by atoms with E-state index in [1.54, 1.807) is 0 Å². The van der Waals surface area contributed by atoms with Gasteiger partial charge in [-0.25, -0.2) is 0 Å². The van der Waals surface area contributed by atoms with Gasteiger partial charge in [0.05, 0.1) is 0 Å². The molecule has 2 aromatic carbocycles. The highest BCUT2D eigenvalue weighted by molar-refractivity contribution is 6.20. The molecular formula is C25H34ClN. The summed E-state index contributed by atoms with van der Waals surface area (Å²) in [4.78, 5) is 2.51. The van der Waals surface area contributed by atoms with Gasteiger partial charge in [0.15, 0.2) is 0 Å². The summed E-state index contributed by atoms with van der Waals surface area (Å²) >= 11 is 6.25. The van der Waals surface area contributed by atoms with Crippen molar-refractivity contribution in [1.82, 2.24) is 4.90 Å². The van der Waals surface area contributed by atoms with E-state index in [1.165, 1.54) is 55.2 Å². The number of alkyl halides is 1. The molecule has 0 aromatic heterocycles. The fraction of sp³-hybridized carbons (Fsp3) is 0.520. The topological polar surface area (TPSA) is 3.24 Å². The molecule has 1 unspecified atom stereocenters. The molecule has 27 heavy (non-hydrogen) atoms. The van der Waals surface area contributed by atoms with E-state index in [4.69, 9.17) is 11.6 Å². The second-order valence-electron chi connectivity index (χ2n) is 8.19. The van der Waals surface area contributed by atoms with Crippen molar-refractivity contribution in [2.45, 2.75) is 75.8 Å². The van der Waals surface area contributed by atoms with E-state index in [0.717, 1.165) is 18.9 Å². The number of hydrogen-bond acceptors (Lipinski definition) is 1. The van der Waals surface area contributed by atoms with Gasteiger partial charge < -0.3 is 0 Å². The van der Waals surface area contributed by atoms with Crippen molar-refractivity contribution in [3.8, 4) is 0 Å². The van der Waals surface area contributed by atoms with Crippen LogP contribution in [-0.4, -0.2) is 23.4 Å². The maximum absolute atomic E-state index is 6.25. The number of benzene rings is 2. The molecule has 0 N–H and O–H groups in total. The third-order valence-electron chi connectivity index (χ3n) is 6.24. The molecule has 146 valence electrons. The summed E-state index contributed by atoms with van der Waals surface area (Å²) in [6.07, 6.45) is 8.40. The lowest BCUT2D eigenvalue weighted by atomic mass is 9.83. The predicted octanol–water partition coefficient (Wildman–Crippen LogP) is 6.79. The Balaban J connectivity index is 1.50. The first kappa shape index (κ1) is 20.4. The number of rotatable bonds is 8. The first-order valence-corrected chi connectivity index (χ1v) is 11.1. The second-order valence-corrected chi connectivity index (χ2v) is 8.81. The van der Waals surface area contributed by atoms with Crippen LogP contribution >= 0.6 is 11.6 Å². The van der Waals surface area contributed by atoms with Crippen LogP contribution in [0.2, 0.25) is 0 Å². The molecular weight excluding hydrogens is 350 g/mol. The number of aryl methyl sites for hydroxylation is 1. The van der Waals surface area contributed by atoms with Crippen LogP contribution < -0.4 is 0 Å². The van der Waals surface area contributed by atoms with Gasteiger partial charge in [-0.05, 0) is 74.6 Å². The van der Waals surface area contributed by atoms with Crippen LogP contribution in [0.5, 0.6) is 0 Å². The van der Waals surface area contributed by atoms with E-state index in [0.29, 0.717) is 11.4 Å². The number of hydrogen-bond donors (Lipinski definition) is 0. The fourth-order valence-corrected chi connectivity index (χ4v) is 4.66. The zero-order valence-corrected chi connectivity index (χ0v) is 17.7. The van der Waals surface area contributed by atoms with Gasteiger partial charge in [-0.2, -0.15) is 0 Å². The molecule has 1 saturated carbocycles. The van der Waals surface area contributed by atoms with Crippen LogP contribution in [0.15, 0.2) is 54.6 Å². The van der Waals surface area contributed by atoms with Crippen LogP contribution in [0, 0.1) is 0 Å². The highest BCUT2D eigenvalue weighted by atomic mass is 35.5. The van der Waals surface area contributed by atoms with E-state index in [2.05, 4.69) is 73.5 Å². The van der Waals surface area contributed by atoms with Crippen molar-refractivity contribution >= 4 is 11.6 Å². The van der Waals surface area contributed by atoms with Crippen LogP contribution in [0.1, 0.15) is 68.1 Å². The van der Waals surface area contributed by atoms with E-state index in [-0.39, 0.29) is 0 Å². The van der Waals surface area contributed by atoms with Gasteiger partial charge in [-0.15, -0.1) is 11.6 Å². The van der Waals surface area contributed by atoms with Crippen LogP contribution in [0.4, 0.5) is 0 Å². The van der Waals surface area contributed by atoms with Crippen LogP contribution in [0.25, 0.3) is 0 Å². The number of nitrogens with zero attached hydrogens (tertiary/aromatic N) is 1. The molecule has 1 aliphatic rings. The molecule has 0 saturated heterocycles. The predicted molar refractivity (Wildman–Crippen MR) is 118 cm³/mol. The van der Waals surface area contributed by atoms with Gasteiger partial charge in [0.1, 0.15) is 0 Å². The molecule has 2 aromatic rings. The molecule has 2 heteroatoms. The molecule has 1 fully saturated rings. The molecule has 0 aliphatic heterocycles. The number of halogens is 1. The maximum Gasteiger partial charge on any atom is 0.0336 e. The zero-order valence-electron chi connectivity index (χ0n) is 16.9. The Bertz CT molecular complexity index is 658. The van der Waals surface area contributed by atoms with Gasteiger partial charge in [-0.3, -0.25) is 4.90 Å². The first-order valence-electron chi connectivity index (χ1n) is 10.6. The highest BCUT2D eigenvalue weighted by Crippen LogP contribution is 2.35. The summed E-state index contributed by atoms with van der Waals surface area (Å²) in [5, 5.41) is 0.402. The molecule has 0 bridgehead atoms. The molecule has 1 aliphatic carbocycles. The van der Waals surface area contributed by atoms with Gasteiger partial charge in [-0.1, -0.05) is 61.5 Å². The Morgan fingerprint density at radius 1 is 0.926 bits per heavy atom. The van der Waals surface area contributed by atoms with Crippen molar-refractivity contribution in [1.29, 1.82) is 0 Å². The Kier molecular flexibility index (Phi) is 7.79. The van der Waals surface area contributed by atoms with Crippen molar-refractivity contribution in [3.63, 3.8) is 0 Å². The minimum atomic E-state index is 0.402. The third-order valence-corrected chi connectivity index (χ3v) is 6.68. The SMILES string of the molecule is CCC(CCc1ccc(C2CCC(Cl)CC2)cc1)N(C)Cc1ccccc1. The van der Waals surface area contributed by atoms with Crippen LogP contribution in [0.3, 0.4) is 0 Å². The molecule has 0 heterocycles. The molecule has 0 spiro atoms. The Morgan fingerprint density at radius 3 is 2.22 bits per heavy atom. The lowest BCUT2D eigenvalue weighted by molar-refractivity contribution is 0.216. The maximum atomic E-state index is 6.25. The molecule has 3 rings (SSSR count). The fourth-order valence-electron chi connectivity index (χ4n) is 4.41. The largest absolute Gasteiger partial charge is 0.299 e. The summed E-state index contributed by atoms with van der Waals surface area (Å²) in [6.45, 7) is 3.34. The second kappa shape index (κ2) is 10.3. The summed E-state index contributed by atoms with van der Waals surface area (Å²) in [7, 11) is 2.26. The lowest BCUT2D eigenvalue weighted by Gasteiger charge is -2.27. The normalized spacial score (nSPS) is 21.3. The minimum Gasteiger partial charge on any atom is -0.299 e. The van der Waals surface area contributed by atoms with Gasteiger partial charge in [0.25, 0.3) is 0 Å². The van der Waals surface area contributed by atoms with Crippen molar-refractivity contribution in [2.75, 3.05) is 7.05 Å². The summed E-state index contributed by atoms with van der Waals surface area (Å²) < 4.78 is 0. The molecule has 1 atom stereocenters. The quantitative estimate of drug-likeness (QED) is 0.453. The zero-order chi connectivity index (χ0) is 19.1. The van der Waals surface area contributed by atoms with Crippen LogP contribution in [-0.2, 0) is 13.0 Å². The third kappa shape index (κ3) is 6.09. The smallest absolute Gasteiger partial charge is 0.0336 e. The summed E-state index contributed by atoms with van der Waals surface area (Å²) in [6, 6.07) is 20.9. The molecule has 0 amide bonds. The van der Waals surface area contributed by atoms with Gasteiger partial charge >= 0.3 is 0 Å². The Hall–Kier alpha value is -1.31. The molecule has 1 nitrogen and oxygen atoms in total. The van der Waals surface area contributed by atoms with E-state index in [1.807, 2.05) is 0 Å². The standard InChI is InChI=1S/C25H34ClN/c1-3-25(27(2)19-21-7-5-4-6-8-21)18-11-20-9-12-22(13-10-20)23-14-16-24(26)17-15-23/h4-10,12-13,23-25H,3,11,14-19H2,1-2H3. The Labute approximate surface area is 170 Å².